The molecule has 0 amide bonds. The molecule has 0 aromatic heterocycles. The fourth-order valence-electron chi connectivity index (χ4n) is 5.20. The predicted octanol–water partition coefficient (Wildman–Crippen LogP) is 3.12. The third-order valence-electron chi connectivity index (χ3n) is 6.95. The van der Waals surface area contributed by atoms with E-state index in [-0.39, 0.29) is 28.5 Å². The van der Waals surface area contributed by atoms with Crippen LogP contribution < -0.4 is 10.0 Å². The van der Waals surface area contributed by atoms with Gasteiger partial charge in [0.1, 0.15) is 16.2 Å². The van der Waals surface area contributed by atoms with Crippen LogP contribution in [0.1, 0.15) is 46.4 Å². The predicted molar refractivity (Wildman–Crippen MR) is 130 cm³/mol. The Morgan fingerprint density at radius 3 is 2.46 bits per heavy atom. The number of nitrogens with zero attached hydrogens (tertiary/aromatic N) is 1. The molecule has 1 aliphatic heterocycles. The SMILES string of the molecule is CN1CCC2CC(Nc3cccc(S(=O)(=O)Nc4ccc(C(=O)O)cc4O)c3C(=O)O)CCC2C1. The van der Waals surface area contributed by atoms with Gasteiger partial charge in [-0.1, -0.05) is 6.07 Å². The van der Waals surface area contributed by atoms with Crippen molar-refractivity contribution in [1.29, 1.82) is 0 Å². The number of sulfonamides is 1. The number of nitrogens with one attached hydrogen (secondary N) is 2. The molecule has 4 rings (SSSR count). The first-order valence-corrected chi connectivity index (χ1v) is 12.9. The summed E-state index contributed by atoms with van der Waals surface area (Å²) < 4.78 is 28.4. The molecule has 3 atom stereocenters. The van der Waals surface area contributed by atoms with E-state index in [0.717, 1.165) is 57.0 Å². The molecule has 2 fully saturated rings. The first-order valence-electron chi connectivity index (χ1n) is 11.5. The van der Waals surface area contributed by atoms with E-state index in [1.165, 1.54) is 12.1 Å². The highest BCUT2D eigenvalue weighted by Gasteiger charge is 2.35. The monoisotopic (exact) mass is 503 g/mol. The standard InChI is InChI=1S/C24H29N3O7S/c1-27-10-9-14-11-17(7-5-16(14)13-27)25-19-3-2-4-21(22(19)24(31)32)35(33,34)26-18-8-6-15(23(29)30)12-20(18)28/h2-4,6,8,12,14,16-17,25-26,28H,5,7,9-11,13H2,1H3,(H,29,30)(H,31,32). The Hall–Kier alpha value is -3.31. The van der Waals surface area contributed by atoms with E-state index in [1.807, 2.05) is 0 Å². The Balaban J connectivity index is 1.58. The van der Waals surface area contributed by atoms with Gasteiger partial charge in [0.2, 0.25) is 0 Å². The van der Waals surface area contributed by atoms with E-state index in [4.69, 9.17) is 5.11 Å². The summed E-state index contributed by atoms with van der Waals surface area (Å²) in [6, 6.07) is 7.41. The Labute approximate surface area is 203 Å². The molecule has 0 bridgehead atoms. The summed E-state index contributed by atoms with van der Waals surface area (Å²) >= 11 is 0. The molecule has 0 spiro atoms. The minimum absolute atomic E-state index is 0.0382. The fourth-order valence-corrected chi connectivity index (χ4v) is 6.49. The number of fused-ring (bicyclic) bond motifs is 1. The summed E-state index contributed by atoms with van der Waals surface area (Å²) in [5, 5.41) is 32.3. The molecule has 2 aromatic rings. The van der Waals surface area contributed by atoms with Gasteiger partial charge in [-0.2, -0.15) is 0 Å². The summed E-state index contributed by atoms with van der Waals surface area (Å²) in [5.74, 6) is -2.09. The zero-order valence-corrected chi connectivity index (χ0v) is 20.1. The summed E-state index contributed by atoms with van der Waals surface area (Å²) in [4.78, 5) is 25.1. The number of anilines is 2. The second-order valence-corrected chi connectivity index (χ2v) is 11.0. The van der Waals surface area contributed by atoms with E-state index in [1.54, 1.807) is 6.07 Å². The molecule has 188 valence electrons. The summed E-state index contributed by atoms with van der Waals surface area (Å²) in [7, 11) is -2.29. The normalized spacial score (nSPS) is 22.7. The summed E-state index contributed by atoms with van der Waals surface area (Å²) in [5.41, 5.74) is -0.637. The second kappa shape index (κ2) is 9.74. The van der Waals surface area contributed by atoms with E-state index < -0.39 is 32.6 Å². The molecule has 1 saturated heterocycles. The molecule has 5 N–H and O–H groups in total. The first-order chi connectivity index (χ1) is 16.5. The van der Waals surface area contributed by atoms with E-state index in [0.29, 0.717) is 11.8 Å². The summed E-state index contributed by atoms with van der Waals surface area (Å²) in [6.45, 7) is 2.10. The van der Waals surface area contributed by atoms with Crippen molar-refractivity contribution in [3.8, 4) is 5.75 Å². The molecule has 1 saturated carbocycles. The zero-order chi connectivity index (χ0) is 25.3. The maximum absolute atomic E-state index is 13.1. The van der Waals surface area contributed by atoms with Gasteiger partial charge in [-0.3, -0.25) is 4.72 Å². The Kier molecular flexibility index (Phi) is 6.91. The fraction of sp³-hybridized carbons (Fsp3) is 0.417. The lowest BCUT2D eigenvalue weighted by Crippen LogP contribution is -2.43. The van der Waals surface area contributed by atoms with Crippen molar-refractivity contribution in [2.24, 2.45) is 11.8 Å². The van der Waals surface area contributed by atoms with Gasteiger partial charge >= 0.3 is 11.9 Å². The molecule has 0 radical (unpaired) electrons. The molecule has 2 aliphatic rings. The molecule has 3 unspecified atom stereocenters. The number of aromatic hydroxyl groups is 1. The van der Waals surface area contributed by atoms with Crippen molar-refractivity contribution in [2.75, 3.05) is 30.2 Å². The van der Waals surface area contributed by atoms with Crippen LogP contribution in [0.3, 0.4) is 0 Å². The minimum atomic E-state index is -4.42. The number of carboxylic acid groups (broad SMARTS) is 2. The minimum Gasteiger partial charge on any atom is -0.506 e. The van der Waals surface area contributed by atoms with Gasteiger partial charge in [0, 0.05) is 12.6 Å². The molecule has 11 heteroatoms. The van der Waals surface area contributed by atoms with Gasteiger partial charge < -0.3 is 25.5 Å². The van der Waals surface area contributed by atoms with Crippen LogP contribution in [0.5, 0.6) is 5.75 Å². The number of piperidine rings is 1. The van der Waals surface area contributed by atoms with Crippen molar-refractivity contribution in [3.63, 3.8) is 0 Å². The lowest BCUT2D eigenvalue weighted by Gasteiger charge is -2.43. The third kappa shape index (κ3) is 5.35. The van der Waals surface area contributed by atoms with E-state index >= 15 is 0 Å². The highest BCUT2D eigenvalue weighted by atomic mass is 32.2. The Bertz CT molecular complexity index is 1250. The van der Waals surface area contributed by atoms with Crippen molar-refractivity contribution in [3.05, 3.63) is 47.5 Å². The number of benzene rings is 2. The van der Waals surface area contributed by atoms with E-state index in [9.17, 15) is 28.2 Å². The summed E-state index contributed by atoms with van der Waals surface area (Å²) in [6.07, 6.45) is 3.89. The lowest BCUT2D eigenvalue weighted by atomic mass is 9.73. The van der Waals surface area contributed by atoms with Crippen LogP contribution in [-0.2, 0) is 10.0 Å². The van der Waals surface area contributed by atoms with Crippen molar-refractivity contribution in [2.45, 2.75) is 36.6 Å². The highest BCUT2D eigenvalue weighted by Crippen LogP contribution is 2.38. The van der Waals surface area contributed by atoms with Crippen LogP contribution in [0.15, 0.2) is 41.3 Å². The number of carboxylic acids is 2. The van der Waals surface area contributed by atoms with Crippen molar-refractivity contribution < 1.29 is 33.3 Å². The van der Waals surface area contributed by atoms with Gasteiger partial charge in [0.05, 0.1) is 16.9 Å². The van der Waals surface area contributed by atoms with Crippen molar-refractivity contribution in [1.82, 2.24) is 4.90 Å². The van der Waals surface area contributed by atoms with Gasteiger partial charge in [0.15, 0.2) is 0 Å². The smallest absolute Gasteiger partial charge is 0.339 e. The van der Waals surface area contributed by atoms with Gasteiger partial charge in [-0.05, 0) is 81.4 Å². The molecule has 10 nitrogen and oxygen atoms in total. The largest absolute Gasteiger partial charge is 0.506 e. The Morgan fingerprint density at radius 1 is 1.00 bits per heavy atom. The molecule has 1 aliphatic carbocycles. The number of hydrogen-bond donors (Lipinski definition) is 5. The van der Waals surface area contributed by atoms with Crippen LogP contribution in [0.4, 0.5) is 11.4 Å². The zero-order valence-electron chi connectivity index (χ0n) is 19.3. The van der Waals surface area contributed by atoms with E-state index in [2.05, 4.69) is 22.0 Å². The molecule has 1 heterocycles. The number of likely N-dealkylation sites (tertiary alicyclic amines) is 1. The second-order valence-electron chi connectivity index (χ2n) is 9.35. The average molecular weight is 504 g/mol. The molecular weight excluding hydrogens is 474 g/mol. The maximum Gasteiger partial charge on any atom is 0.339 e. The molecule has 2 aromatic carbocycles. The topological polar surface area (TPSA) is 156 Å². The van der Waals surface area contributed by atoms with Crippen LogP contribution >= 0.6 is 0 Å². The van der Waals surface area contributed by atoms with Crippen molar-refractivity contribution >= 4 is 33.3 Å². The highest BCUT2D eigenvalue weighted by molar-refractivity contribution is 7.92. The van der Waals surface area contributed by atoms with Crippen LogP contribution in [-0.4, -0.2) is 66.8 Å². The Morgan fingerprint density at radius 2 is 1.77 bits per heavy atom. The quantitative estimate of drug-likeness (QED) is 0.358. The van der Waals surface area contributed by atoms with Gasteiger partial charge in [-0.25, -0.2) is 18.0 Å². The van der Waals surface area contributed by atoms with Crippen LogP contribution in [0, 0.1) is 11.8 Å². The number of phenols is 1. The lowest BCUT2D eigenvalue weighted by molar-refractivity contribution is 0.0684. The molecule has 35 heavy (non-hydrogen) atoms. The third-order valence-corrected chi connectivity index (χ3v) is 8.35. The van der Waals surface area contributed by atoms with Gasteiger partial charge in [-0.15, -0.1) is 0 Å². The number of aromatic carboxylic acids is 2. The average Bonchev–Trinajstić information content (AvgIpc) is 2.80. The van der Waals surface area contributed by atoms with Gasteiger partial charge in [0.25, 0.3) is 10.0 Å². The van der Waals surface area contributed by atoms with Crippen LogP contribution in [0.2, 0.25) is 0 Å². The molecular formula is C24H29N3O7S. The van der Waals surface area contributed by atoms with Crippen LogP contribution in [0.25, 0.3) is 0 Å². The number of phenolic OH excluding ortho intramolecular Hbond substituents is 1. The number of rotatable bonds is 7. The first kappa shape index (κ1) is 24.8. The number of carbonyl (C=O) groups is 2. The maximum atomic E-state index is 13.1. The number of hydrogen-bond acceptors (Lipinski definition) is 7.